The van der Waals surface area contributed by atoms with Crippen LogP contribution in [0.1, 0.15) is 47.8 Å². The van der Waals surface area contributed by atoms with Crippen molar-refractivity contribution in [1.82, 2.24) is 15.2 Å². The van der Waals surface area contributed by atoms with Crippen LogP contribution in [0.4, 0.5) is 0 Å². The number of rotatable bonds is 4. The van der Waals surface area contributed by atoms with Crippen molar-refractivity contribution in [3.63, 3.8) is 0 Å². The minimum atomic E-state index is -0.0927. The summed E-state index contributed by atoms with van der Waals surface area (Å²) in [6.45, 7) is 1.13. The molecule has 3 fully saturated rings. The average molecular weight is 335 g/mol. The average Bonchev–Trinajstić information content (AvgIpc) is 2.68. The van der Waals surface area contributed by atoms with Crippen LogP contribution in [0.5, 0.6) is 0 Å². The fourth-order valence-electron chi connectivity index (χ4n) is 4.70. The lowest BCUT2D eigenvalue weighted by Gasteiger charge is -2.57. The van der Waals surface area contributed by atoms with Crippen LogP contribution in [-0.2, 0) is 0 Å². The number of carbonyl (C=O) groups is 1. The molecule has 0 radical (unpaired) electrons. The maximum absolute atomic E-state index is 12.9. The first-order chi connectivity index (χ1) is 12.2. The maximum Gasteiger partial charge on any atom is 0.270 e. The molecular formula is C21H25N3O. The summed E-state index contributed by atoms with van der Waals surface area (Å²) in [6, 6.07) is 15.8. The molecule has 1 atom stereocenters. The summed E-state index contributed by atoms with van der Waals surface area (Å²) in [7, 11) is 2.22. The zero-order valence-electron chi connectivity index (χ0n) is 14.7. The van der Waals surface area contributed by atoms with E-state index in [2.05, 4.69) is 46.5 Å². The molecule has 3 heterocycles. The molecule has 0 spiro atoms. The van der Waals surface area contributed by atoms with E-state index in [1.54, 1.807) is 12.3 Å². The van der Waals surface area contributed by atoms with Gasteiger partial charge in [-0.25, -0.2) is 0 Å². The first-order valence-electron chi connectivity index (χ1n) is 9.17. The van der Waals surface area contributed by atoms with Gasteiger partial charge in [0, 0.05) is 18.3 Å². The van der Waals surface area contributed by atoms with Crippen LogP contribution in [-0.4, -0.2) is 34.9 Å². The Morgan fingerprint density at radius 1 is 1.16 bits per heavy atom. The highest BCUT2D eigenvalue weighted by molar-refractivity contribution is 5.92. The molecule has 2 aliphatic heterocycles. The Labute approximate surface area is 149 Å². The molecule has 4 nitrogen and oxygen atoms in total. The standard InChI is InChI=1S/C21H25N3O/c1-24-15-16-10-12-21(24,13-11-16)19(17-7-3-2-4-8-17)23-20(25)18-9-5-6-14-22-18/h2-9,14,16,19H,10-13,15H2,1H3,(H,23,25). The van der Waals surface area contributed by atoms with Crippen molar-refractivity contribution in [2.24, 2.45) is 5.92 Å². The van der Waals surface area contributed by atoms with E-state index in [0.29, 0.717) is 5.69 Å². The van der Waals surface area contributed by atoms with E-state index in [1.165, 1.54) is 18.4 Å². The quantitative estimate of drug-likeness (QED) is 0.931. The molecule has 5 rings (SSSR count). The van der Waals surface area contributed by atoms with Crippen molar-refractivity contribution in [3.05, 3.63) is 66.0 Å². The van der Waals surface area contributed by atoms with Crippen LogP contribution in [0, 0.1) is 5.92 Å². The molecule has 25 heavy (non-hydrogen) atoms. The summed E-state index contributed by atoms with van der Waals surface area (Å²) >= 11 is 0. The van der Waals surface area contributed by atoms with Crippen LogP contribution >= 0.6 is 0 Å². The molecule has 1 aromatic heterocycles. The van der Waals surface area contributed by atoms with E-state index in [9.17, 15) is 4.79 Å². The Bertz CT molecular complexity index is 723. The topological polar surface area (TPSA) is 45.2 Å². The minimum absolute atomic E-state index is 0.000539. The Morgan fingerprint density at radius 3 is 2.52 bits per heavy atom. The normalized spacial score (nSPS) is 27.0. The first kappa shape index (κ1) is 16.3. The third kappa shape index (κ3) is 2.95. The highest BCUT2D eigenvalue weighted by Crippen LogP contribution is 2.48. The number of nitrogens with one attached hydrogen (secondary N) is 1. The number of hydrogen-bond acceptors (Lipinski definition) is 3. The largest absolute Gasteiger partial charge is 0.342 e. The highest BCUT2D eigenvalue weighted by Gasteiger charge is 2.50. The second-order valence-corrected chi connectivity index (χ2v) is 7.46. The predicted octanol–water partition coefficient (Wildman–Crippen LogP) is 3.43. The number of fused-ring (bicyclic) bond motifs is 3. The van der Waals surface area contributed by atoms with Crippen molar-refractivity contribution >= 4 is 5.91 Å². The molecule has 1 N–H and O–H groups in total. The molecule has 130 valence electrons. The van der Waals surface area contributed by atoms with Gasteiger partial charge in [0.25, 0.3) is 5.91 Å². The van der Waals surface area contributed by atoms with E-state index in [4.69, 9.17) is 0 Å². The molecule has 1 unspecified atom stereocenters. The molecule has 2 saturated heterocycles. The van der Waals surface area contributed by atoms with E-state index in [1.807, 2.05) is 18.2 Å². The van der Waals surface area contributed by atoms with Crippen LogP contribution in [0.2, 0.25) is 0 Å². The second-order valence-electron chi connectivity index (χ2n) is 7.46. The van der Waals surface area contributed by atoms with Gasteiger partial charge in [0.1, 0.15) is 5.69 Å². The molecule has 1 aromatic carbocycles. The SMILES string of the molecule is CN1CC2CCC1(C(NC(=O)c1ccccn1)c1ccccc1)CC2. The summed E-state index contributed by atoms with van der Waals surface area (Å²) < 4.78 is 0. The Kier molecular flexibility index (Phi) is 4.30. The number of likely N-dealkylation sites (N-methyl/N-ethyl adjacent to an activating group) is 1. The van der Waals surface area contributed by atoms with Crippen molar-refractivity contribution in [2.75, 3.05) is 13.6 Å². The molecule has 2 bridgehead atoms. The Morgan fingerprint density at radius 2 is 1.88 bits per heavy atom. The number of carbonyl (C=O) groups excluding carboxylic acids is 1. The summed E-state index contributed by atoms with van der Waals surface area (Å²) in [4.78, 5) is 19.6. The van der Waals surface area contributed by atoms with Gasteiger partial charge in [-0.1, -0.05) is 36.4 Å². The zero-order valence-corrected chi connectivity index (χ0v) is 14.7. The highest BCUT2D eigenvalue weighted by atomic mass is 16.2. The number of hydrogen-bond donors (Lipinski definition) is 1. The summed E-state index contributed by atoms with van der Waals surface area (Å²) in [5.41, 5.74) is 1.66. The molecule has 2 aromatic rings. The van der Waals surface area contributed by atoms with Gasteiger partial charge in [-0.15, -0.1) is 0 Å². The van der Waals surface area contributed by atoms with E-state index >= 15 is 0 Å². The minimum Gasteiger partial charge on any atom is -0.342 e. The number of pyridine rings is 1. The van der Waals surface area contributed by atoms with Gasteiger partial charge >= 0.3 is 0 Å². The van der Waals surface area contributed by atoms with Crippen LogP contribution in [0.3, 0.4) is 0 Å². The van der Waals surface area contributed by atoms with Gasteiger partial charge in [0.2, 0.25) is 0 Å². The summed E-state index contributed by atoms with van der Waals surface area (Å²) in [5, 5.41) is 3.32. The van der Waals surface area contributed by atoms with E-state index in [-0.39, 0.29) is 17.5 Å². The Balaban J connectivity index is 1.69. The third-order valence-electron chi connectivity index (χ3n) is 6.11. The van der Waals surface area contributed by atoms with Crippen molar-refractivity contribution in [3.8, 4) is 0 Å². The van der Waals surface area contributed by atoms with Gasteiger partial charge < -0.3 is 5.32 Å². The van der Waals surface area contributed by atoms with Gasteiger partial charge in [-0.05, 0) is 56.3 Å². The summed E-state index contributed by atoms with van der Waals surface area (Å²) in [5.74, 6) is 0.722. The molecule has 1 saturated carbocycles. The lowest BCUT2D eigenvalue weighted by molar-refractivity contribution is -0.0404. The van der Waals surface area contributed by atoms with Crippen molar-refractivity contribution in [1.29, 1.82) is 0 Å². The zero-order chi connectivity index (χ0) is 17.3. The molecule has 1 amide bonds. The first-order valence-corrected chi connectivity index (χ1v) is 9.17. The summed E-state index contributed by atoms with van der Waals surface area (Å²) in [6.07, 6.45) is 6.45. The molecular weight excluding hydrogens is 310 g/mol. The molecule has 3 aliphatic rings. The molecule has 4 heteroatoms. The lowest BCUT2D eigenvalue weighted by Crippen LogP contribution is -2.62. The fourth-order valence-corrected chi connectivity index (χ4v) is 4.70. The van der Waals surface area contributed by atoms with Crippen LogP contribution < -0.4 is 5.32 Å². The lowest BCUT2D eigenvalue weighted by atomic mass is 9.66. The Hall–Kier alpha value is -2.20. The van der Waals surface area contributed by atoms with Gasteiger partial charge in [-0.2, -0.15) is 0 Å². The van der Waals surface area contributed by atoms with Crippen molar-refractivity contribution in [2.45, 2.75) is 37.3 Å². The van der Waals surface area contributed by atoms with Crippen molar-refractivity contribution < 1.29 is 4.79 Å². The van der Waals surface area contributed by atoms with E-state index < -0.39 is 0 Å². The second kappa shape index (κ2) is 6.60. The van der Waals surface area contributed by atoms with Gasteiger partial charge in [0.15, 0.2) is 0 Å². The fraction of sp³-hybridized carbons (Fsp3) is 0.429. The van der Waals surface area contributed by atoms with Gasteiger partial charge in [-0.3, -0.25) is 14.7 Å². The number of benzene rings is 1. The number of piperidine rings is 2. The number of nitrogens with zero attached hydrogens (tertiary/aromatic N) is 2. The molecule has 1 aliphatic carbocycles. The van der Waals surface area contributed by atoms with Crippen LogP contribution in [0.15, 0.2) is 54.7 Å². The van der Waals surface area contributed by atoms with E-state index in [0.717, 1.165) is 25.3 Å². The predicted molar refractivity (Wildman–Crippen MR) is 98.2 cm³/mol. The smallest absolute Gasteiger partial charge is 0.270 e. The third-order valence-corrected chi connectivity index (χ3v) is 6.11. The number of aromatic nitrogens is 1. The number of amides is 1. The van der Waals surface area contributed by atoms with Crippen LogP contribution in [0.25, 0.3) is 0 Å². The van der Waals surface area contributed by atoms with Gasteiger partial charge in [0.05, 0.1) is 6.04 Å². The monoisotopic (exact) mass is 335 g/mol. The maximum atomic E-state index is 12.9.